The van der Waals surface area contributed by atoms with Gasteiger partial charge in [-0.25, -0.2) is 0 Å². The zero-order valence-corrected chi connectivity index (χ0v) is 9.80. The summed E-state index contributed by atoms with van der Waals surface area (Å²) in [4.78, 5) is 0. The Kier molecular flexibility index (Phi) is 4.15. The average molecular weight is 226 g/mol. The van der Waals surface area contributed by atoms with Crippen molar-refractivity contribution >= 4 is 17.3 Å². The van der Waals surface area contributed by atoms with Crippen molar-refractivity contribution in [1.29, 1.82) is 0 Å². The van der Waals surface area contributed by atoms with E-state index < -0.39 is 0 Å². The summed E-state index contributed by atoms with van der Waals surface area (Å²) < 4.78 is 11.6. The number of hydrogen-bond acceptors (Lipinski definition) is 3. The van der Waals surface area contributed by atoms with Gasteiger partial charge in [0.1, 0.15) is 6.10 Å². The largest absolute Gasteiger partial charge is 0.481 e. The van der Waals surface area contributed by atoms with E-state index in [9.17, 15) is 0 Å². The molecule has 0 aromatic carbocycles. The van der Waals surface area contributed by atoms with E-state index in [2.05, 4.69) is 12.2 Å². The Labute approximate surface area is 96.6 Å². The first kappa shape index (κ1) is 11.1. The van der Waals surface area contributed by atoms with Gasteiger partial charge in [0.2, 0.25) is 0 Å². The highest BCUT2D eigenvalue weighted by atomic mass is 32.1. The molecule has 2 rings (SSSR count). The second-order valence-electron chi connectivity index (χ2n) is 4.18. The summed E-state index contributed by atoms with van der Waals surface area (Å²) in [5.74, 6) is 0. The maximum absolute atomic E-state index is 5.82. The van der Waals surface area contributed by atoms with Crippen LogP contribution in [0.25, 0.3) is 0 Å². The van der Waals surface area contributed by atoms with Gasteiger partial charge in [0.15, 0.2) is 5.05 Å². The minimum Gasteiger partial charge on any atom is -0.481 e. The van der Waals surface area contributed by atoms with Gasteiger partial charge in [0.05, 0.1) is 6.10 Å². The monoisotopic (exact) mass is 226 g/mol. The van der Waals surface area contributed by atoms with E-state index in [0.717, 1.165) is 43.8 Å². The van der Waals surface area contributed by atoms with Crippen LogP contribution in [0.3, 0.4) is 0 Å². The van der Waals surface area contributed by atoms with Crippen LogP contribution < -0.4 is 0 Å². The Morgan fingerprint density at radius 2 is 2.13 bits per heavy atom. The molecule has 1 saturated heterocycles. The molecule has 0 aromatic heterocycles. The molecule has 0 aromatic rings. The zero-order chi connectivity index (χ0) is 10.5. The quantitative estimate of drug-likeness (QED) is 0.467. The molecule has 0 aliphatic carbocycles. The Morgan fingerprint density at radius 1 is 1.20 bits per heavy atom. The van der Waals surface area contributed by atoms with Crippen molar-refractivity contribution in [2.45, 2.75) is 50.7 Å². The molecule has 0 bridgehead atoms. The second kappa shape index (κ2) is 5.61. The predicted octanol–water partition coefficient (Wildman–Crippen LogP) is 3.01. The normalized spacial score (nSPS) is 35.1. The Bertz CT molecular complexity index is 250. The minimum absolute atomic E-state index is 0.183. The first-order chi connectivity index (χ1) is 7.36. The highest BCUT2D eigenvalue weighted by Crippen LogP contribution is 2.22. The molecular formula is C12H18O2S. The molecule has 2 heterocycles. The summed E-state index contributed by atoms with van der Waals surface area (Å²) >= 11 is 5.21. The third kappa shape index (κ3) is 3.28. The van der Waals surface area contributed by atoms with Crippen molar-refractivity contribution in [3.8, 4) is 0 Å². The maximum atomic E-state index is 5.82. The summed E-state index contributed by atoms with van der Waals surface area (Å²) in [7, 11) is 0. The van der Waals surface area contributed by atoms with Gasteiger partial charge in [-0.1, -0.05) is 12.2 Å². The number of thiocarbonyl (C=S) groups is 1. The summed E-state index contributed by atoms with van der Waals surface area (Å²) in [5.41, 5.74) is 0. The third-order valence-corrected chi connectivity index (χ3v) is 3.26. The molecule has 0 N–H and O–H groups in total. The molecular weight excluding hydrogens is 208 g/mol. The van der Waals surface area contributed by atoms with Gasteiger partial charge >= 0.3 is 0 Å². The van der Waals surface area contributed by atoms with Crippen LogP contribution >= 0.6 is 12.2 Å². The number of rotatable bonds is 0. The Morgan fingerprint density at radius 3 is 3.07 bits per heavy atom. The lowest BCUT2D eigenvalue weighted by Gasteiger charge is -2.24. The highest BCUT2D eigenvalue weighted by Gasteiger charge is 2.26. The average Bonchev–Trinajstić information content (AvgIpc) is 2.39. The van der Waals surface area contributed by atoms with Gasteiger partial charge in [-0.3, -0.25) is 0 Å². The molecule has 3 heteroatoms. The fourth-order valence-electron chi connectivity index (χ4n) is 2.11. The standard InChI is InChI=1S/C12H18O2S/c15-12-8-3-1-2-6-10-11(14-12)7-4-5-9-13-10/h1-2,10-11H,3-9H2/b2-1-/t10-,11+/m0/s1. The van der Waals surface area contributed by atoms with E-state index in [4.69, 9.17) is 21.7 Å². The summed E-state index contributed by atoms with van der Waals surface area (Å²) in [6, 6.07) is 0. The summed E-state index contributed by atoms with van der Waals surface area (Å²) in [5, 5.41) is 0.752. The number of ether oxygens (including phenoxy) is 2. The van der Waals surface area contributed by atoms with Crippen molar-refractivity contribution in [2.24, 2.45) is 0 Å². The van der Waals surface area contributed by atoms with Crippen LogP contribution in [-0.2, 0) is 9.47 Å². The van der Waals surface area contributed by atoms with Crippen LogP contribution in [0.1, 0.15) is 38.5 Å². The second-order valence-corrected chi connectivity index (χ2v) is 4.63. The SMILES string of the molecule is S=C1CC/C=C\C[C@@H]2OCCCC[C@H]2O1. The first-order valence-corrected chi connectivity index (χ1v) is 6.23. The number of fused-ring (bicyclic) bond motifs is 1. The predicted molar refractivity (Wildman–Crippen MR) is 64.1 cm³/mol. The Balaban J connectivity index is 2.05. The molecule has 15 heavy (non-hydrogen) atoms. The van der Waals surface area contributed by atoms with Gasteiger partial charge in [0.25, 0.3) is 0 Å². The number of allylic oxidation sites excluding steroid dienone is 1. The lowest BCUT2D eigenvalue weighted by Crippen LogP contribution is -2.31. The number of hydrogen-bond donors (Lipinski definition) is 0. The molecule has 2 aliphatic rings. The van der Waals surface area contributed by atoms with E-state index in [-0.39, 0.29) is 12.2 Å². The van der Waals surface area contributed by atoms with Crippen molar-refractivity contribution in [1.82, 2.24) is 0 Å². The van der Waals surface area contributed by atoms with Crippen molar-refractivity contribution in [3.05, 3.63) is 12.2 Å². The molecule has 0 saturated carbocycles. The molecule has 1 fully saturated rings. The van der Waals surface area contributed by atoms with Gasteiger partial charge in [0, 0.05) is 13.0 Å². The molecule has 2 aliphatic heterocycles. The fraction of sp³-hybridized carbons (Fsp3) is 0.750. The van der Waals surface area contributed by atoms with Crippen LogP contribution in [0.5, 0.6) is 0 Å². The molecule has 0 unspecified atom stereocenters. The summed E-state index contributed by atoms with van der Waals surface area (Å²) in [6.45, 7) is 0.866. The lowest BCUT2D eigenvalue weighted by molar-refractivity contribution is -0.0157. The molecule has 0 amide bonds. The fourth-order valence-corrected chi connectivity index (χ4v) is 2.35. The van der Waals surface area contributed by atoms with E-state index >= 15 is 0 Å². The smallest absolute Gasteiger partial charge is 0.160 e. The van der Waals surface area contributed by atoms with Gasteiger partial charge in [-0.15, -0.1) is 0 Å². The van der Waals surface area contributed by atoms with Crippen LogP contribution in [0.4, 0.5) is 0 Å². The van der Waals surface area contributed by atoms with Crippen LogP contribution in [-0.4, -0.2) is 23.9 Å². The molecule has 0 spiro atoms. The van der Waals surface area contributed by atoms with Gasteiger partial charge in [-0.2, -0.15) is 0 Å². The van der Waals surface area contributed by atoms with Crippen molar-refractivity contribution < 1.29 is 9.47 Å². The molecule has 84 valence electrons. The van der Waals surface area contributed by atoms with E-state index in [1.54, 1.807) is 0 Å². The van der Waals surface area contributed by atoms with Crippen molar-refractivity contribution in [3.63, 3.8) is 0 Å². The van der Waals surface area contributed by atoms with Gasteiger partial charge in [-0.05, 0) is 44.3 Å². The van der Waals surface area contributed by atoms with Crippen LogP contribution in [0.15, 0.2) is 12.2 Å². The van der Waals surface area contributed by atoms with Crippen LogP contribution in [0.2, 0.25) is 0 Å². The molecule has 2 nitrogen and oxygen atoms in total. The Hall–Kier alpha value is -0.410. The van der Waals surface area contributed by atoms with Crippen molar-refractivity contribution in [2.75, 3.05) is 6.61 Å². The van der Waals surface area contributed by atoms with E-state index in [0.29, 0.717) is 0 Å². The topological polar surface area (TPSA) is 18.5 Å². The highest BCUT2D eigenvalue weighted by molar-refractivity contribution is 7.80. The van der Waals surface area contributed by atoms with E-state index in [1.807, 2.05) is 0 Å². The van der Waals surface area contributed by atoms with Gasteiger partial charge < -0.3 is 9.47 Å². The minimum atomic E-state index is 0.183. The molecule has 0 radical (unpaired) electrons. The zero-order valence-electron chi connectivity index (χ0n) is 8.98. The van der Waals surface area contributed by atoms with Crippen LogP contribution in [0, 0.1) is 0 Å². The first-order valence-electron chi connectivity index (χ1n) is 5.82. The van der Waals surface area contributed by atoms with E-state index in [1.165, 1.54) is 6.42 Å². The summed E-state index contributed by atoms with van der Waals surface area (Å²) in [6.07, 6.45) is 11.0. The lowest BCUT2D eigenvalue weighted by atomic mass is 10.1. The third-order valence-electron chi connectivity index (χ3n) is 2.96. The maximum Gasteiger partial charge on any atom is 0.160 e. The molecule has 2 atom stereocenters.